The number of hydrogen-bond donors (Lipinski definition) is 3. The van der Waals surface area contributed by atoms with E-state index in [0.29, 0.717) is 29.6 Å². The number of carbonyl (C=O) groups is 3. The number of benzene rings is 2. The highest BCUT2D eigenvalue weighted by atomic mass is 16.5. The summed E-state index contributed by atoms with van der Waals surface area (Å²) in [7, 11) is 1.22. The Kier molecular flexibility index (Phi) is 7.35. The molecule has 0 radical (unpaired) electrons. The molecule has 8 nitrogen and oxygen atoms in total. The largest absolute Gasteiger partial charge is 0.507 e. The second kappa shape index (κ2) is 10.2. The summed E-state index contributed by atoms with van der Waals surface area (Å²) in [6.07, 6.45) is 3.06. The number of esters is 1. The first kappa shape index (κ1) is 23.1. The zero-order valence-corrected chi connectivity index (χ0v) is 18.5. The summed E-state index contributed by atoms with van der Waals surface area (Å²) in [6, 6.07) is 7.98. The van der Waals surface area contributed by atoms with Crippen LogP contribution in [0.1, 0.15) is 47.2 Å². The molecule has 2 amide bonds. The molecule has 0 saturated heterocycles. The number of methoxy groups -OCH3 is 1. The van der Waals surface area contributed by atoms with Gasteiger partial charge in [0.15, 0.2) is 0 Å². The Morgan fingerprint density at radius 3 is 2.38 bits per heavy atom. The molecule has 32 heavy (non-hydrogen) atoms. The van der Waals surface area contributed by atoms with Crippen LogP contribution in [-0.2, 0) is 14.3 Å². The van der Waals surface area contributed by atoms with Gasteiger partial charge < -0.3 is 25.2 Å². The van der Waals surface area contributed by atoms with E-state index in [9.17, 15) is 19.5 Å². The lowest BCUT2D eigenvalue weighted by Gasteiger charge is -2.25. The van der Waals surface area contributed by atoms with Crippen molar-refractivity contribution in [2.75, 3.05) is 19.0 Å². The summed E-state index contributed by atoms with van der Waals surface area (Å²) in [6.45, 7) is 4.25. The fourth-order valence-electron chi connectivity index (χ4n) is 3.50. The zero-order valence-electron chi connectivity index (χ0n) is 18.5. The molecule has 1 aliphatic carbocycles. The van der Waals surface area contributed by atoms with Gasteiger partial charge >= 0.3 is 5.97 Å². The number of anilines is 1. The predicted octanol–water partition coefficient (Wildman–Crippen LogP) is 3.83. The van der Waals surface area contributed by atoms with E-state index in [1.54, 1.807) is 18.2 Å². The standard InChI is InChI=1S/C24H28N2O6/c1-14-9-17(26-21(28)12-22(29)31-3)10-15(2)23(14)32-18-7-8-20(27)19(11-18)24(30)25-13-16-5-4-6-16/h7-11,16,27H,4-6,12-13H2,1-3H3,(H,25,30)(H,26,28). The predicted molar refractivity (Wildman–Crippen MR) is 119 cm³/mol. The number of rotatable bonds is 8. The highest BCUT2D eigenvalue weighted by Gasteiger charge is 2.20. The fourth-order valence-corrected chi connectivity index (χ4v) is 3.50. The summed E-state index contributed by atoms with van der Waals surface area (Å²) in [5.74, 6) is -0.0427. The molecule has 8 heteroatoms. The van der Waals surface area contributed by atoms with Crippen molar-refractivity contribution >= 4 is 23.5 Å². The second-order valence-corrected chi connectivity index (χ2v) is 8.03. The molecule has 0 bridgehead atoms. The summed E-state index contributed by atoms with van der Waals surface area (Å²) >= 11 is 0. The first-order valence-corrected chi connectivity index (χ1v) is 10.5. The molecule has 3 N–H and O–H groups in total. The Morgan fingerprint density at radius 1 is 1.09 bits per heavy atom. The molecular weight excluding hydrogens is 412 g/mol. The van der Waals surface area contributed by atoms with Crippen molar-refractivity contribution in [2.24, 2.45) is 5.92 Å². The number of carbonyl (C=O) groups excluding carboxylic acids is 3. The molecule has 3 rings (SSSR count). The molecular formula is C24H28N2O6. The molecule has 170 valence electrons. The highest BCUT2D eigenvalue weighted by Crippen LogP contribution is 2.33. The lowest BCUT2D eigenvalue weighted by atomic mass is 9.85. The molecule has 0 spiro atoms. The molecule has 2 aromatic rings. The van der Waals surface area contributed by atoms with Crippen molar-refractivity contribution in [2.45, 2.75) is 39.5 Å². The minimum absolute atomic E-state index is 0.111. The van der Waals surface area contributed by atoms with Crippen molar-refractivity contribution in [3.8, 4) is 17.2 Å². The average molecular weight is 440 g/mol. The average Bonchev–Trinajstić information content (AvgIpc) is 2.70. The van der Waals surface area contributed by atoms with Crippen molar-refractivity contribution in [1.29, 1.82) is 0 Å². The van der Waals surface area contributed by atoms with Gasteiger partial charge in [-0.2, -0.15) is 0 Å². The number of ether oxygens (including phenoxy) is 2. The third-order valence-corrected chi connectivity index (χ3v) is 5.49. The van der Waals surface area contributed by atoms with Gasteiger partial charge in [-0.1, -0.05) is 6.42 Å². The highest BCUT2D eigenvalue weighted by molar-refractivity contribution is 6.02. The van der Waals surface area contributed by atoms with Gasteiger partial charge in [0.25, 0.3) is 5.91 Å². The van der Waals surface area contributed by atoms with Gasteiger partial charge in [-0.15, -0.1) is 0 Å². The third-order valence-electron chi connectivity index (χ3n) is 5.49. The lowest BCUT2D eigenvalue weighted by Crippen LogP contribution is -2.32. The van der Waals surface area contributed by atoms with Gasteiger partial charge in [-0.3, -0.25) is 14.4 Å². The molecule has 1 aliphatic rings. The third kappa shape index (κ3) is 5.78. The first-order valence-electron chi connectivity index (χ1n) is 10.5. The van der Waals surface area contributed by atoms with Crippen LogP contribution in [0.25, 0.3) is 0 Å². The molecule has 1 fully saturated rings. The monoisotopic (exact) mass is 440 g/mol. The number of phenols is 1. The Hall–Kier alpha value is -3.55. The Balaban J connectivity index is 1.71. The second-order valence-electron chi connectivity index (χ2n) is 8.03. The number of amides is 2. The number of phenolic OH excluding ortho intramolecular Hbond substituents is 1. The minimum Gasteiger partial charge on any atom is -0.507 e. The molecule has 1 saturated carbocycles. The van der Waals surface area contributed by atoms with Gasteiger partial charge in [-0.05, 0) is 74.1 Å². The van der Waals surface area contributed by atoms with E-state index in [-0.39, 0.29) is 23.6 Å². The van der Waals surface area contributed by atoms with Crippen molar-refractivity contribution in [3.05, 3.63) is 47.0 Å². The van der Waals surface area contributed by atoms with Crippen molar-refractivity contribution in [1.82, 2.24) is 5.32 Å². The van der Waals surface area contributed by atoms with E-state index in [1.165, 1.54) is 25.7 Å². The van der Waals surface area contributed by atoms with E-state index in [4.69, 9.17) is 4.74 Å². The van der Waals surface area contributed by atoms with Crippen LogP contribution < -0.4 is 15.4 Å². The number of aromatic hydroxyl groups is 1. The smallest absolute Gasteiger partial charge is 0.315 e. The maximum atomic E-state index is 12.5. The molecule has 0 aliphatic heterocycles. The Bertz CT molecular complexity index is 1010. The SMILES string of the molecule is COC(=O)CC(=O)Nc1cc(C)c(Oc2ccc(O)c(C(=O)NCC3CCC3)c2)c(C)c1. The van der Waals surface area contributed by atoms with Gasteiger partial charge in [0, 0.05) is 12.2 Å². The van der Waals surface area contributed by atoms with Crippen molar-refractivity contribution in [3.63, 3.8) is 0 Å². The quantitative estimate of drug-likeness (QED) is 0.425. The van der Waals surface area contributed by atoms with E-state index < -0.39 is 11.9 Å². The lowest BCUT2D eigenvalue weighted by molar-refractivity contribution is -0.142. The maximum absolute atomic E-state index is 12.5. The summed E-state index contributed by atoms with van der Waals surface area (Å²) in [5.41, 5.74) is 2.19. The van der Waals surface area contributed by atoms with Crippen LogP contribution in [0.15, 0.2) is 30.3 Å². The topological polar surface area (TPSA) is 114 Å². The van der Waals surface area contributed by atoms with E-state index >= 15 is 0 Å². The first-order chi connectivity index (χ1) is 15.3. The van der Waals surface area contributed by atoms with Gasteiger partial charge in [0.2, 0.25) is 5.91 Å². The molecule has 2 aromatic carbocycles. The van der Waals surface area contributed by atoms with Gasteiger partial charge in [-0.25, -0.2) is 0 Å². The van der Waals surface area contributed by atoms with Crippen LogP contribution in [0.2, 0.25) is 0 Å². The number of hydrogen-bond acceptors (Lipinski definition) is 6. The van der Waals surface area contributed by atoms with Crippen LogP contribution in [0.5, 0.6) is 17.2 Å². The van der Waals surface area contributed by atoms with E-state index in [0.717, 1.165) is 24.0 Å². The number of nitrogens with one attached hydrogen (secondary N) is 2. The van der Waals surface area contributed by atoms with Gasteiger partial charge in [0.1, 0.15) is 23.7 Å². The van der Waals surface area contributed by atoms with Crippen LogP contribution in [-0.4, -0.2) is 36.5 Å². The summed E-state index contributed by atoms with van der Waals surface area (Å²) < 4.78 is 10.5. The van der Waals surface area contributed by atoms with Crippen LogP contribution in [0.4, 0.5) is 5.69 Å². The van der Waals surface area contributed by atoms with E-state index in [2.05, 4.69) is 15.4 Å². The zero-order chi connectivity index (χ0) is 23.3. The minimum atomic E-state index is -0.615. The summed E-state index contributed by atoms with van der Waals surface area (Å²) in [4.78, 5) is 35.7. The molecule has 0 aromatic heterocycles. The molecule has 0 atom stereocenters. The van der Waals surface area contributed by atoms with Crippen LogP contribution in [0, 0.1) is 19.8 Å². The summed E-state index contributed by atoms with van der Waals surface area (Å²) in [5, 5.41) is 15.7. The molecule has 0 unspecified atom stereocenters. The number of aryl methyl sites for hydroxylation is 2. The van der Waals surface area contributed by atoms with Gasteiger partial charge in [0.05, 0.1) is 12.7 Å². The normalized spacial score (nSPS) is 13.1. The maximum Gasteiger partial charge on any atom is 0.315 e. The molecule has 0 heterocycles. The van der Waals surface area contributed by atoms with Crippen LogP contribution in [0.3, 0.4) is 0 Å². The van der Waals surface area contributed by atoms with E-state index in [1.807, 2.05) is 13.8 Å². The fraction of sp³-hybridized carbons (Fsp3) is 0.375. The Morgan fingerprint density at radius 2 is 1.78 bits per heavy atom. The Labute approximate surface area is 186 Å². The van der Waals surface area contributed by atoms with Crippen molar-refractivity contribution < 1.29 is 29.0 Å². The van der Waals surface area contributed by atoms with Crippen LogP contribution >= 0.6 is 0 Å².